The Morgan fingerprint density at radius 1 is 1.50 bits per heavy atom. The highest BCUT2D eigenvalue weighted by molar-refractivity contribution is 7.18. The van der Waals surface area contributed by atoms with Gasteiger partial charge in [-0.3, -0.25) is 4.79 Å². The van der Waals surface area contributed by atoms with Crippen molar-refractivity contribution in [3.8, 4) is 0 Å². The molecule has 22 heavy (non-hydrogen) atoms. The van der Waals surface area contributed by atoms with Crippen LogP contribution in [0.1, 0.15) is 41.4 Å². The van der Waals surface area contributed by atoms with Crippen LogP contribution in [-0.2, 0) is 19.4 Å². The van der Waals surface area contributed by atoms with Gasteiger partial charge in [-0.1, -0.05) is 0 Å². The van der Waals surface area contributed by atoms with Crippen LogP contribution in [0.5, 0.6) is 0 Å². The summed E-state index contributed by atoms with van der Waals surface area (Å²) in [5.74, 6) is 1.55. The second kappa shape index (κ2) is 5.37. The summed E-state index contributed by atoms with van der Waals surface area (Å²) in [7, 11) is 0. The number of furan rings is 1. The summed E-state index contributed by atoms with van der Waals surface area (Å²) in [4.78, 5) is 22.1. The number of nitrogens with one attached hydrogen (secondary N) is 2. The largest absolute Gasteiger partial charge is 0.468 e. The lowest BCUT2D eigenvalue weighted by atomic mass is 10.2. The predicted octanol–water partition coefficient (Wildman–Crippen LogP) is 2.92. The number of hydrogen-bond donors (Lipinski definition) is 2. The van der Waals surface area contributed by atoms with Gasteiger partial charge in [-0.25, -0.2) is 4.98 Å². The third kappa shape index (κ3) is 2.28. The fourth-order valence-electron chi connectivity index (χ4n) is 3.02. The first-order valence-electron chi connectivity index (χ1n) is 7.52. The van der Waals surface area contributed by atoms with Crippen molar-refractivity contribution in [1.29, 1.82) is 0 Å². The second-order valence-electron chi connectivity index (χ2n) is 5.67. The van der Waals surface area contributed by atoms with E-state index in [9.17, 15) is 4.79 Å². The predicted molar refractivity (Wildman–Crippen MR) is 86.2 cm³/mol. The van der Waals surface area contributed by atoms with Crippen molar-refractivity contribution in [2.24, 2.45) is 0 Å². The molecule has 0 bridgehead atoms. The van der Waals surface area contributed by atoms with E-state index < -0.39 is 0 Å². The molecule has 1 atom stereocenters. The van der Waals surface area contributed by atoms with Gasteiger partial charge >= 0.3 is 0 Å². The summed E-state index contributed by atoms with van der Waals surface area (Å²) in [6, 6.07) is 3.87. The Bertz CT molecular complexity index is 864. The van der Waals surface area contributed by atoms with Crippen LogP contribution < -0.4 is 10.9 Å². The molecule has 3 heterocycles. The van der Waals surface area contributed by atoms with Gasteiger partial charge in [-0.2, -0.15) is 0 Å². The van der Waals surface area contributed by atoms with Gasteiger partial charge in [-0.05, 0) is 43.9 Å². The van der Waals surface area contributed by atoms with E-state index in [2.05, 4.69) is 15.3 Å². The fourth-order valence-corrected chi connectivity index (χ4v) is 4.30. The third-order valence-corrected chi connectivity index (χ3v) is 5.36. The topological polar surface area (TPSA) is 70.9 Å². The lowest BCUT2D eigenvalue weighted by molar-refractivity contribution is 0.427. The number of aromatic amines is 1. The number of H-pyrrole nitrogens is 1. The van der Waals surface area contributed by atoms with Crippen LogP contribution in [0.2, 0.25) is 0 Å². The summed E-state index contributed by atoms with van der Waals surface area (Å²) in [5.41, 5.74) is 1.21. The Morgan fingerprint density at radius 2 is 2.41 bits per heavy atom. The van der Waals surface area contributed by atoms with Crippen molar-refractivity contribution < 1.29 is 4.42 Å². The first-order valence-corrected chi connectivity index (χ1v) is 8.34. The fraction of sp³-hybridized carbons (Fsp3) is 0.375. The van der Waals surface area contributed by atoms with Crippen LogP contribution in [0.3, 0.4) is 0 Å². The summed E-state index contributed by atoms with van der Waals surface area (Å²) in [5, 5.41) is 4.13. The molecule has 3 aromatic rings. The number of fused-ring (bicyclic) bond motifs is 3. The van der Waals surface area contributed by atoms with Crippen molar-refractivity contribution >= 4 is 21.6 Å². The molecule has 4 rings (SSSR count). The third-order valence-electron chi connectivity index (χ3n) is 4.17. The molecular formula is C16H17N3O2S. The van der Waals surface area contributed by atoms with Gasteiger partial charge in [0.1, 0.15) is 16.4 Å². The zero-order valence-corrected chi connectivity index (χ0v) is 13.1. The standard InChI is InChI=1S/C16H17N3O2S/c1-9(11-5-3-7-21-11)17-8-13-18-15(20)14-10-4-2-6-12(10)22-16(14)19-13/h3,5,7,9,17H,2,4,6,8H2,1H3,(H,18,19,20)/t9-/m1/s1. The van der Waals surface area contributed by atoms with Crippen molar-refractivity contribution in [2.75, 3.05) is 0 Å². The minimum Gasteiger partial charge on any atom is -0.468 e. The number of aryl methyl sites for hydroxylation is 2. The molecule has 5 nitrogen and oxygen atoms in total. The maximum absolute atomic E-state index is 12.4. The average molecular weight is 315 g/mol. The maximum atomic E-state index is 12.4. The number of hydrogen-bond acceptors (Lipinski definition) is 5. The van der Waals surface area contributed by atoms with Crippen LogP contribution in [0, 0.1) is 0 Å². The maximum Gasteiger partial charge on any atom is 0.259 e. The summed E-state index contributed by atoms with van der Waals surface area (Å²) < 4.78 is 5.37. The number of thiophene rings is 1. The first kappa shape index (κ1) is 13.7. The highest BCUT2D eigenvalue weighted by Gasteiger charge is 2.21. The second-order valence-corrected chi connectivity index (χ2v) is 6.75. The number of nitrogens with zero attached hydrogens (tertiary/aromatic N) is 1. The van der Waals surface area contributed by atoms with Gasteiger partial charge in [0.05, 0.1) is 24.2 Å². The quantitative estimate of drug-likeness (QED) is 0.776. The average Bonchev–Trinajstić information content (AvgIpc) is 3.20. The van der Waals surface area contributed by atoms with E-state index in [4.69, 9.17) is 4.42 Å². The van der Waals surface area contributed by atoms with E-state index in [-0.39, 0.29) is 11.6 Å². The van der Waals surface area contributed by atoms with E-state index in [0.717, 1.165) is 35.2 Å². The molecule has 0 saturated carbocycles. The molecule has 0 aromatic carbocycles. The van der Waals surface area contributed by atoms with Crippen molar-refractivity contribution in [2.45, 2.75) is 38.8 Å². The number of rotatable bonds is 4. The van der Waals surface area contributed by atoms with Gasteiger partial charge in [0.25, 0.3) is 5.56 Å². The van der Waals surface area contributed by atoms with Crippen LogP contribution in [0.15, 0.2) is 27.6 Å². The van der Waals surface area contributed by atoms with E-state index in [1.54, 1.807) is 17.6 Å². The lowest BCUT2D eigenvalue weighted by Crippen LogP contribution is -2.21. The molecular weight excluding hydrogens is 298 g/mol. The molecule has 6 heteroatoms. The normalized spacial score (nSPS) is 15.3. The smallest absolute Gasteiger partial charge is 0.259 e. The zero-order chi connectivity index (χ0) is 15.1. The monoisotopic (exact) mass is 315 g/mol. The van der Waals surface area contributed by atoms with Gasteiger partial charge in [0.15, 0.2) is 0 Å². The molecule has 114 valence electrons. The van der Waals surface area contributed by atoms with E-state index in [0.29, 0.717) is 12.4 Å². The molecule has 0 amide bonds. The first-order chi connectivity index (χ1) is 10.7. The molecule has 1 aliphatic carbocycles. The molecule has 1 aliphatic rings. The molecule has 2 N–H and O–H groups in total. The minimum absolute atomic E-state index is 0.00754. The Labute approximate surface area is 131 Å². The lowest BCUT2D eigenvalue weighted by Gasteiger charge is -2.10. The van der Waals surface area contributed by atoms with E-state index in [1.807, 2.05) is 19.1 Å². The Kier molecular flexibility index (Phi) is 3.35. The van der Waals surface area contributed by atoms with Crippen LogP contribution in [0.25, 0.3) is 10.2 Å². The molecule has 3 aromatic heterocycles. The van der Waals surface area contributed by atoms with E-state index >= 15 is 0 Å². The number of aromatic nitrogens is 2. The SMILES string of the molecule is C[C@@H](NCc1nc2sc3c(c2c(=O)[nH]1)CCC3)c1ccco1. The minimum atomic E-state index is -0.00754. The molecule has 0 unspecified atom stereocenters. The van der Waals surface area contributed by atoms with Gasteiger partial charge < -0.3 is 14.7 Å². The molecule has 0 saturated heterocycles. The van der Waals surface area contributed by atoms with Crippen molar-refractivity contribution in [3.05, 3.63) is 50.8 Å². The van der Waals surface area contributed by atoms with Gasteiger partial charge in [0, 0.05) is 4.88 Å². The van der Waals surface area contributed by atoms with Crippen LogP contribution in [0.4, 0.5) is 0 Å². The summed E-state index contributed by atoms with van der Waals surface area (Å²) >= 11 is 1.67. The summed E-state index contributed by atoms with van der Waals surface area (Å²) in [6.07, 6.45) is 4.90. The Balaban J connectivity index is 1.59. The van der Waals surface area contributed by atoms with Gasteiger partial charge in [0.2, 0.25) is 0 Å². The highest BCUT2D eigenvalue weighted by atomic mass is 32.1. The zero-order valence-electron chi connectivity index (χ0n) is 12.3. The molecule has 0 radical (unpaired) electrons. The van der Waals surface area contributed by atoms with Crippen LogP contribution in [-0.4, -0.2) is 9.97 Å². The summed E-state index contributed by atoms with van der Waals surface area (Å²) in [6.45, 7) is 2.53. The molecule has 0 fully saturated rings. The van der Waals surface area contributed by atoms with Crippen molar-refractivity contribution in [3.63, 3.8) is 0 Å². The highest BCUT2D eigenvalue weighted by Crippen LogP contribution is 2.34. The molecule has 0 spiro atoms. The van der Waals surface area contributed by atoms with E-state index in [1.165, 1.54) is 10.4 Å². The Morgan fingerprint density at radius 3 is 3.23 bits per heavy atom. The van der Waals surface area contributed by atoms with Gasteiger partial charge in [-0.15, -0.1) is 11.3 Å². The Hall–Kier alpha value is -1.92. The van der Waals surface area contributed by atoms with Crippen LogP contribution >= 0.6 is 11.3 Å². The molecule has 0 aliphatic heterocycles. The van der Waals surface area contributed by atoms with Crippen molar-refractivity contribution in [1.82, 2.24) is 15.3 Å².